The minimum Gasteiger partial charge on any atom is -0.317 e. The zero-order chi connectivity index (χ0) is 13.7. The van der Waals surface area contributed by atoms with Crippen LogP contribution in [0.2, 0.25) is 5.02 Å². The average molecular weight is 292 g/mol. The largest absolute Gasteiger partial charge is 0.317 e. The molecule has 0 spiro atoms. The number of anilines is 1. The predicted molar refractivity (Wildman–Crippen MR) is 79.4 cm³/mol. The van der Waals surface area contributed by atoms with E-state index in [1.54, 1.807) is 42.6 Å². The monoisotopic (exact) mass is 291 g/mol. The fraction of sp³-hybridized carbons (Fsp3) is 0. The van der Waals surface area contributed by atoms with Crippen molar-refractivity contribution in [2.75, 3.05) is 5.32 Å². The van der Waals surface area contributed by atoms with Gasteiger partial charge in [0.2, 0.25) is 0 Å². The van der Waals surface area contributed by atoms with Crippen molar-refractivity contribution in [3.05, 3.63) is 59.2 Å². The number of halogens is 1. The van der Waals surface area contributed by atoms with Gasteiger partial charge in [0, 0.05) is 16.8 Å². The highest BCUT2D eigenvalue weighted by molar-refractivity contribution is 7.80. The molecule has 19 heavy (non-hydrogen) atoms. The van der Waals surface area contributed by atoms with Crippen molar-refractivity contribution in [3.8, 4) is 0 Å². The molecule has 0 fully saturated rings. The maximum Gasteiger partial charge on any atom is 0.257 e. The molecule has 2 N–H and O–H groups in total. The Morgan fingerprint density at radius 2 is 1.89 bits per heavy atom. The number of rotatable bonds is 2. The van der Waals surface area contributed by atoms with Crippen LogP contribution in [-0.2, 0) is 0 Å². The molecule has 1 aromatic carbocycles. The summed E-state index contributed by atoms with van der Waals surface area (Å²) in [5.74, 6) is 0.272. The second-order valence-corrected chi connectivity index (χ2v) is 4.47. The second-order valence-electron chi connectivity index (χ2n) is 3.63. The summed E-state index contributed by atoms with van der Waals surface area (Å²) in [5.41, 5.74) is 0.481. The molecule has 0 atom stereocenters. The van der Waals surface area contributed by atoms with Gasteiger partial charge < -0.3 is 5.32 Å². The summed E-state index contributed by atoms with van der Waals surface area (Å²) in [6.45, 7) is 0. The lowest BCUT2D eigenvalue weighted by atomic mass is 10.2. The molecule has 0 unspecified atom stereocenters. The molecular formula is C13H10ClN3OS. The first-order valence-corrected chi connectivity index (χ1v) is 6.23. The van der Waals surface area contributed by atoms with Crippen LogP contribution >= 0.6 is 23.8 Å². The Morgan fingerprint density at radius 1 is 1.16 bits per heavy atom. The first-order valence-electron chi connectivity index (χ1n) is 5.44. The zero-order valence-electron chi connectivity index (χ0n) is 9.76. The number of nitrogens with one attached hydrogen (secondary N) is 2. The summed E-state index contributed by atoms with van der Waals surface area (Å²) in [7, 11) is 0. The van der Waals surface area contributed by atoms with E-state index in [-0.39, 0.29) is 11.0 Å². The Balaban J connectivity index is 1.95. The topological polar surface area (TPSA) is 54.0 Å². The summed E-state index contributed by atoms with van der Waals surface area (Å²) in [4.78, 5) is 15.9. The Kier molecular flexibility index (Phi) is 4.43. The van der Waals surface area contributed by atoms with Gasteiger partial charge in [-0.3, -0.25) is 10.1 Å². The van der Waals surface area contributed by atoms with Crippen LogP contribution < -0.4 is 10.6 Å². The smallest absolute Gasteiger partial charge is 0.257 e. The van der Waals surface area contributed by atoms with Crippen LogP contribution in [0.1, 0.15) is 10.4 Å². The Labute approximate surface area is 120 Å². The van der Waals surface area contributed by atoms with Crippen LogP contribution in [0.3, 0.4) is 0 Å². The number of hydrogen-bond acceptors (Lipinski definition) is 3. The van der Waals surface area contributed by atoms with Gasteiger partial charge in [-0.1, -0.05) is 17.7 Å². The van der Waals surface area contributed by atoms with Crippen LogP contribution in [0, 0.1) is 0 Å². The van der Waals surface area contributed by atoms with E-state index >= 15 is 0 Å². The molecule has 0 saturated heterocycles. The summed E-state index contributed by atoms with van der Waals surface area (Å²) in [6.07, 6.45) is 1.63. The predicted octanol–water partition coefficient (Wildman–Crippen LogP) is 2.86. The summed E-state index contributed by atoms with van der Waals surface area (Å²) in [6, 6.07) is 11.9. The van der Waals surface area contributed by atoms with Crippen molar-refractivity contribution >= 4 is 40.7 Å². The third-order valence-corrected chi connectivity index (χ3v) is 2.70. The molecule has 96 valence electrons. The van der Waals surface area contributed by atoms with Crippen molar-refractivity contribution < 1.29 is 4.79 Å². The number of thiocarbonyl (C=S) groups is 1. The molecule has 0 radical (unpaired) electrons. The van der Waals surface area contributed by atoms with Gasteiger partial charge in [0.1, 0.15) is 5.82 Å². The average Bonchev–Trinajstić information content (AvgIpc) is 2.40. The van der Waals surface area contributed by atoms with Gasteiger partial charge >= 0.3 is 0 Å². The molecule has 0 aliphatic heterocycles. The van der Waals surface area contributed by atoms with Gasteiger partial charge in [-0.15, -0.1) is 0 Å². The van der Waals surface area contributed by atoms with E-state index in [4.69, 9.17) is 23.8 Å². The third kappa shape index (κ3) is 4.01. The lowest BCUT2D eigenvalue weighted by Gasteiger charge is -2.08. The van der Waals surface area contributed by atoms with Crippen molar-refractivity contribution in [1.82, 2.24) is 10.3 Å². The maximum atomic E-state index is 11.9. The number of carbonyl (C=O) groups excluding carboxylic acids is 1. The zero-order valence-corrected chi connectivity index (χ0v) is 11.3. The van der Waals surface area contributed by atoms with Crippen molar-refractivity contribution in [2.24, 2.45) is 0 Å². The van der Waals surface area contributed by atoms with Crippen LogP contribution in [0.5, 0.6) is 0 Å². The van der Waals surface area contributed by atoms with E-state index in [1.165, 1.54) is 0 Å². The molecule has 4 nitrogen and oxygen atoms in total. The number of carbonyl (C=O) groups is 1. The van der Waals surface area contributed by atoms with Gasteiger partial charge in [0.05, 0.1) is 0 Å². The van der Waals surface area contributed by atoms with Gasteiger partial charge in [-0.2, -0.15) is 0 Å². The van der Waals surface area contributed by atoms with Gasteiger partial charge in [-0.05, 0) is 48.6 Å². The lowest BCUT2D eigenvalue weighted by molar-refractivity contribution is 0.0978. The molecular weight excluding hydrogens is 282 g/mol. The van der Waals surface area contributed by atoms with Crippen molar-refractivity contribution in [2.45, 2.75) is 0 Å². The van der Waals surface area contributed by atoms with Crippen molar-refractivity contribution in [1.29, 1.82) is 0 Å². The fourth-order valence-corrected chi connectivity index (χ4v) is 1.68. The normalized spacial score (nSPS) is 9.74. The quantitative estimate of drug-likeness (QED) is 0.836. The molecule has 6 heteroatoms. The lowest BCUT2D eigenvalue weighted by Crippen LogP contribution is -2.34. The van der Waals surface area contributed by atoms with Gasteiger partial charge in [0.25, 0.3) is 5.91 Å². The highest BCUT2D eigenvalue weighted by Crippen LogP contribution is 2.09. The minimum atomic E-state index is -0.301. The van der Waals surface area contributed by atoms with Crippen molar-refractivity contribution in [3.63, 3.8) is 0 Å². The van der Waals surface area contributed by atoms with E-state index in [2.05, 4.69) is 15.6 Å². The fourth-order valence-electron chi connectivity index (χ4n) is 1.36. The number of aromatic nitrogens is 1. The van der Waals surface area contributed by atoms with E-state index in [0.717, 1.165) is 0 Å². The standard InChI is InChI=1S/C13H10ClN3OS/c14-10-6-4-9(5-7-10)12(18)17-13(19)16-11-3-1-2-8-15-11/h1-8H,(H2,15,16,17,18,19). The number of nitrogens with zero attached hydrogens (tertiary/aromatic N) is 1. The van der Waals surface area contributed by atoms with E-state index < -0.39 is 0 Å². The molecule has 1 heterocycles. The summed E-state index contributed by atoms with van der Waals surface area (Å²) < 4.78 is 0. The molecule has 1 aromatic heterocycles. The number of benzene rings is 1. The Hall–Kier alpha value is -1.98. The van der Waals surface area contributed by atoms with Gasteiger partial charge in [0.15, 0.2) is 5.11 Å². The molecule has 0 bridgehead atoms. The Morgan fingerprint density at radius 3 is 2.53 bits per heavy atom. The molecule has 0 saturated carbocycles. The first-order chi connectivity index (χ1) is 9.15. The summed E-state index contributed by atoms with van der Waals surface area (Å²) >= 11 is 10.8. The molecule has 2 rings (SSSR count). The molecule has 2 aromatic rings. The molecule has 0 aliphatic rings. The molecule has 0 aliphatic carbocycles. The number of hydrogen-bond donors (Lipinski definition) is 2. The maximum absolute atomic E-state index is 11.9. The highest BCUT2D eigenvalue weighted by Gasteiger charge is 2.07. The van der Waals surface area contributed by atoms with Crippen LogP contribution in [0.25, 0.3) is 0 Å². The SMILES string of the molecule is O=C(NC(=S)Nc1ccccn1)c1ccc(Cl)cc1. The third-order valence-electron chi connectivity index (χ3n) is 2.24. The van der Waals surface area contributed by atoms with Crippen LogP contribution in [0.15, 0.2) is 48.7 Å². The van der Waals surface area contributed by atoms with E-state index in [0.29, 0.717) is 16.4 Å². The summed E-state index contributed by atoms with van der Waals surface area (Å²) in [5, 5.41) is 6.15. The second kappa shape index (κ2) is 6.26. The van der Waals surface area contributed by atoms with Gasteiger partial charge in [-0.25, -0.2) is 4.98 Å². The molecule has 1 amide bonds. The van der Waals surface area contributed by atoms with E-state index in [9.17, 15) is 4.79 Å². The van der Waals surface area contributed by atoms with Crippen LogP contribution in [-0.4, -0.2) is 16.0 Å². The highest BCUT2D eigenvalue weighted by atomic mass is 35.5. The first kappa shape index (κ1) is 13.5. The van der Waals surface area contributed by atoms with Crippen LogP contribution in [0.4, 0.5) is 5.82 Å². The van der Waals surface area contributed by atoms with E-state index in [1.807, 2.05) is 6.07 Å². The minimum absolute atomic E-state index is 0.193. The number of amides is 1. The Bertz CT molecular complexity index is 587. The number of pyridine rings is 1.